The zero-order valence-corrected chi connectivity index (χ0v) is 15.3. The first kappa shape index (κ1) is 17.9. The SMILES string of the molecule is CS/C=C/C(=C\c1cccc(Cl)c1)S(=O)(=O)c1ccc(C)cc1. The summed E-state index contributed by atoms with van der Waals surface area (Å²) in [6.07, 6.45) is 5.13. The van der Waals surface area contributed by atoms with Crippen LogP contribution in [0.5, 0.6) is 0 Å². The van der Waals surface area contributed by atoms with Gasteiger partial charge < -0.3 is 0 Å². The van der Waals surface area contributed by atoms with Crippen molar-refractivity contribution in [2.24, 2.45) is 0 Å². The van der Waals surface area contributed by atoms with Gasteiger partial charge in [-0.15, -0.1) is 11.8 Å². The van der Waals surface area contributed by atoms with Gasteiger partial charge in [-0.2, -0.15) is 0 Å². The van der Waals surface area contributed by atoms with Gasteiger partial charge in [-0.3, -0.25) is 0 Å². The van der Waals surface area contributed by atoms with Crippen LogP contribution in [0.4, 0.5) is 0 Å². The standard InChI is InChI=1S/C18H17ClO2S2/c1-14-6-8-17(9-7-14)23(20,21)18(10-11-22-2)13-15-4-3-5-16(19)12-15/h3-13H,1-2H3/b11-10+,18-13+. The second-order valence-electron chi connectivity index (χ2n) is 4.96. The molecule has 0 unspecified atom stereocenters. The van der Waals surface area contributed by atoms with Gasteiger partial charge in [-0.25, -0.2) is 8.42 Å². The molecule has 120 valence electrons. The fourth-order valence-corrected chi connectivity index (χ4v) is 3.84. The van der Waals surface area contributed by atoms with Crippen LogP contribution >= 0.6 is 23.4 Å². The third kappa shape index (κ3) is 4.74. The van der Waals surface area contributed by atoms with Crippen molar-refractivity contribution in [3.63, 3.8) is 0 Å². The van der Waals surface area contributed by atoms with E-state index < -0.39 is 9.84 Å². The topological polar surface area (TPSA) is 34.1 Å². The minimum Gasteiger partial charge on any atom is -0.219 e. The molecular formula is C18H17ClO2S2. The monoisotopic (exact) mass is 364 g/mol. The summed E-state index contributed by atoms with van der Waals surface area (Å²) in [5, 5.41) is 2.32. The van der Waals surface area contributed by atoms with Crippen molar-refractivity contribution in [3.05, 3.63) is 81.1 Å². The van der Waals surface area contributed by atoms with E-state index in [-0.39, 0.29) is 9.80 Å². The molecule has 0 fully saturated rings. The number of aryl methyl sites for hydroxylation is 1. The molecule has 2 rings (SSSR count). The summed E-state index contributed by atoms with van der Waals surface area (Å²) in [5.41, 5.74) is 1.76. The van der Waals surface area contributed by atoms with E-state index in [1.807, 2.05) is 19.2 Å². The van der Waals surface area contributed by atoms with Gasteiger partial charge in [0.2, 0.25) is 9.84 Å². The lowest BCUT2D eigenvalue weighted by atomic mass is 10.2. The number of allylic oxidation sites excluding steroid dienone is 1. The number of thioether (sulfide) groups is 1. The van der Waals surface area contributed by atoms with E-state index in [4.69, 9.17) is 11.6 Å². The Morgan fingerprint density at radius 2 is 1.83 bits per heavy atom. The Bertz CT molecular complexity index is 836. The molecule has 0 radical (unpaired) electrons. The van der Waals surface area contributed by atoms with E-state index in [1.54, 1.807) is 60.0 Å². The molecule has 23 heavy (non-hydrogen) atoms. The van der Waals surface area contributed by atoms with E-state index >= 15 is 0 Å². The van der Waals surface area contributed by atoms with Crippen LogP contribution in [0.3, 0.4) is 0 Å². The van der Waals surface area contributed by atoms with E-state index in [0.717, 1.165) is 11.1 Å². The molecule has 0 aliphatic rings. The second-order valence-corrected chi connectivity index (χ2v) is 8.09. The first-order chi connectivity index (χ1) is 10.9. The Balaban J connectivity index is 2.53. The van der Waals surface area contributed by atoms with Crippen molar-refractivity contribution in [2.45, 2.75) is 11.8 Å². The summed E-state index contributed by atoms with van der Waals surface area (Å²) in [7, 11) is -3.58. The van der Waals surface area contributed by atoms with Gasteiger partial charge in [0, 0.05) is 5.02 Å². The van der Waals surface area contributed by atoms with Crippen LogP contribution in [0.1, 0.15) is 11.1 Å². The van der Waals surface area contributed by atoms with Gasteiger partial charge >= 0.3 is 0 Å². The average Bonchev–Trinajstić information content (AvgIpc) is 2.51. The van der Waals surface area contributed by atoms with Crippen molar-refractivity contribution in [2.75, 3.05) is 6.26 Å². The maximum Gasteiger partial charge on any atom is 0.206 e. The minimum absolute atomic E-state index is 0.234. The molecule has 0 aliphatic heterocycles. The molecule has 0 saturated heterocycles. The Morgan fingerprint density at radius 3 is 2.43 bits per heavy atom. The largest absolute Gasteiger partial charge is 0.219 e. The Labute approximate surface area is 146 Å². The van der Waals surface area contributed by atoms with Gasteiger partial charge in [0.25, 0.3) is 0 Å². The Morgan fingerprint density at radius 1 is 1.13 bits per heavy atom. The van der Waals surface area contributed by atoms with Crippen molar-refractivity contribution in [3.8, 4) is 0 Å². The third-order valence-electron chi connectivity index (χ3n) is 3.17. The molecule has 0 N–H and O–H groups in total. The molecule has 2 nitrogen and oxygen atoms in total. The molecule has 0 aromatic heterocycles. The lowest BCUT2D eigenvalue weighted by Crippen LogP contribution is -2.03. The van der Waals surface area contributed by atoms with Gasteiger partial charge in [-0.05, 0) is 60.6 Å². The average molecular weight is 365 g/mol. The number of hydrogen-bond donors (Lipinski definition) is 0. The highest BCUT2D eigenvalue weighted by molar-refractivity contribution is 8.01. The van der Waals surface area contributed by atoms with Crippen LogP contribution < -0.4 is 0 Å². The maximum absolute atomic E-state index is 12.9. The van der Waals surface area contributed by atoms with E-state index in [0.29, 0.717) is 5.02 Å². The van der Waals surface area contributed by atoms with Gasteiger partial charge in [-0.1, -0.05) is 41.4 Å². The van der Waals surface area contributed by atoms with Gasteiger partial charge in [0.15, 0.2) is 0 Å². The molecule has 2 aromatic carbocycles. The Kier molecular flexibility index (Phi) is 6.10. The molecule has 0 amide bonds. The van der Waals surface area contributed by atoms with Crippen molar-refractivity contribution >= 4 is 39.3 Å². The van der Waals surface area contributed by atoms with E-state index in [1.165, 1.54) is 11.8 Å². The van der Waals surface area contributed by atoms with Crippen LogP contribution in [0, 0.1) is 6.92 Å². The first-order valence-corrected chi connectivity index (χ1v) is 10.1. The predicted molar refractivity (Wildman–Crippen MR) is 100 cm³/mol. The molecule has 0 heterocycles. The summed E-state index contributed by atoms with van der Waals surface area (Å²) < 4.78 is 25.8. The van der Waals surface area contributed by atoms with Crippen LogP contribution in [-0.2, 0) is 9.84 Å². The summed E-state index contributed by atoms with van der Waals surface area (Å²) in [5.74, 6) is 0. The number of halogens is 1. The number of rotatable bonds is 5. The summed E-state index contributed by atoms with van der Waals surface area (Å²) in [4.78, 5) is 0.514. The quantitative estimate of drug-likeness (QED) is 0.671. The smallest absolute Gasteiger partial charge is 0.206 e. The number of hydrogen-bond acceptors (Lipinski definition) is 3. The molecule has 0 atom stereocenters. The summed E-state index contributed by atoms with van der Waals surface area (Å²) in [6.45, 7) is 1.92. The van der Waals surface area contributed by atoms with E-state index in [9.17, 15) is 8.42 Å². The summed E-state index contributed by atoms with van der Waals surface area (Å²) in [6, 6.07) is 14.0. The third-order valence-corrected chi connectivity index (χ3v) is 5.58. The summed E-state index contributed by atoms with van der Waals surface area (Å²) >= 11 is 7.43. The number of benzene rings is 2. The van der Waals surface area contributed by atoms with Crippen LogP contribution in [0.2, 0.25) is 5.02 Å². The lowest BCUT2D eigenvalue weighted by molar-refractivity contribution is 0.603. The van der Waals surface area contributed by atoms with Gasteiger partial charge in [0.1, 0.15) is 0 Å². The van der Waals surface area contributed by atoms with Gasteiger partial charge in [0.05, 0.1) is 9.80 Å². The van der Waals surface area contributed by atoms with Crippen molar-refractivity contribution in [1.29, 1.82) is 0 Å². The second kappa shape index (κ2) is 7.86. The highest BCUT2D eigenvalue weighted by Crippen LogP contribution is 2.24. The molecule has 0 bridgehead atoms. The first-order valence-electron chi connectivity index (χ1n) is 6.92. The Hall–Kier alpha value is -1.49. The fourth-order valence-electron chi connectivity index (χ4n) is 1.96. The van der Waals surface area contributed by atoms with E-state index in [2.05, 4.69) is 0 Å². The zero-order chi connectivity index (χ0) is 16.9. The lowest BCUT2D eigenvalue weighted by Gasteiger charge is -2.07. The zero-order valence-electron chi connectivity index (χ0n) is 12.9. The van der Waals surface area contributed by atoms with Crippen LogP contribution in [-0.4, -0.2) is 14.7 Å². The molecule has 0 spiro atoms. The molecule has 2 aromatic rings. The molecule has 0 aliphatic carbocycles. The maximum atomic E-state index is 12.9. The highest BCUT2D eigenvalue weighted by Gasteiger charge is 2.18. The van der Waals surface area contributed by atoms with Crippen molar-refractivity contribution in [1.82, 2.24) is 0 Å². The van der Waals surface area contributed by atoms with Crippen molar-refractivity contribution < 1.29 is 8.42 Å². The highest BCUT2D eigenvalue weighted by atomic mass is 35.5. The molecular weight excluding hydrogens is 348 g/mol. The molecule has 0 saturated carbocycles. The fraction of sp³-hybridized carbons (Fsp3) is 0.111. The predicted octanol–water partition coefficient (Wildman–Crippen LogP) is 5.34. The number of sulfone groups is 1. The normalized spacial score (nSPS) is 12.7. The van der Waals surface area contributed by atoms with Crippen LogP contribution in [0.15, 0.2) is 69.8 Å². The molecule has 5 heteroatoms. The minimum atomic E-state index is -3.58. The van der Waals surface area contributed by atoms with Crippen LogP contribution in [0.25, 0.3) is 6.08 Å².